The van der Waals surface area contributed by atoms with Crippen molar-refractivity contribution >= 4 is 29.9 Å². The third-order valence-corrected chi connectivity index (χ3v) is 11.8. The zero-order chi connectivity index (χ0) is 38.8. The molecular weight excluding hydrogens is 693 g/mol. The molecule has 0 saturated heterocycles. The van der Waals surface area contributed by atoms with Gasteiger partial charge in [0.05, 0.1) is 18.7 Å². The van der Waals surface area contributed by atoms with E-state index < -0.39 is 48.5 Å². The lowest BCUT2D eigenvalue weighted by Crippen LogP contribution is -2.55. The maximum atomic E-state index is 13.6. The normalized spacial score (nSPS) is 23.4. The van der Waals surface area contributed by atoms with Crippen LogP contribution in [0.4, 0.5) is 4.39 Å². The molecule has 294 valence electrons. The molecule has 4 saturated carbocycles. The Kier molecular flexibility index (Phi) is 14.2. The number of aromatic hydroxyl groups is 1. The van der Waals surface area contributed by atoms with Crippen LogP contribution in [-0.4, -0.2) is 89.4 Å². The number of aliphatic hydroxyl groups excluding tert-OH is 1. The Morgan fingerprint density at radius 2 is 1.52 bits per heavy atom. The zero-order valence-corrected chi connectivity index (χ0v) is 31.2. The predicted molar refractivity (Wildman–Crippen MR) is 200 cm³/mol. The second kappa shape index (κ2) is 18.8. The monoisotopic (exact) mass is 749 g/mol. The fourth-order valence-electron chi connectivity index (χ4n) is 9.36. The van der Waals surface area contributed by atoms with Gasteiger partial charge in [0.2, 0.25) is 23.6 Å². The van der Waals surface area contributed by atoms with Crippen LogP contribution in [0.1, 0.15) is 81.8 Å². The lowest BCUT2D eigenvalue weighted by molar-refractivity contribution is -0.139. The third kappa shape index (κ3) is 11.1. The molecule has 0 spiro atoms. The topological polar surface area (TPSA) is 191 Å². The van der Waals surface area contributed by atoms with Gasteiger partial charge in [0.15, 0.2) is 0 Å². The summed E-state index contributed by atoms with van der Waals surface area (Å²) < 4.78 is 13.3. The first kappa shape index (κ1) is 40.8. The Balaban J connectivity index is 1.06. The molecule has 12 nitrogen and oxygen atoms in total. The second-order valence-electron chi connectivity index (χ2n) is 16.0. The van der Waals surface area contributed by atoms with E-state index in [1.54, 1.807) is 24.3 Å². The summed E-state index contributed by atoms with van der Waals surface area (Å²) in [5.74, 6) is 0.0929. The molecule has 0 radical (unpaired) electrons. The second-order valence-corrected chi connectivity index (χ2v) is 16.0. The van der Waals surface area contributed by atoms with E-state index in [0.717, 1.165) is 42.6 Å². The van der Waals surface area contributed by atoms with E-state index in [1.807, 2.05) is 0 Å². The molecule has 4 atom stereocenters. The Hall–Kier alpha value is -4.36. The number of aryl methyl sites for hydroxylation is 1. The van der Waals surface area contributed by atoms with E-state index >= 15 is 0 Å². The van der Waals surface area contributed by atoms with Crippen LogP contribution in [0.2, 0.25) is 0 Å². The number of amides is 4. The molecule has 0 aromatic heterocycles. The largest absolute Gasteiger partial charge is 0.508 e. The number of phenolic OH excluding ortho intramolecular Hbond substituents is 1. The molecule has 4 fully saturated rings. The number of benzene rings is 2. The number of carbonyl (C=O) groups excluding carboxylic acids is 5. The summed E-state index contributed by atoms with van der Waals surface area (Å²) in [4.78, 5) is 66.0. The number of nitrogens with zero attached hydrogens (tertiary/aromatic N) is 1. The molecule has 2 aromatic carbocycles. The maximum absolute atomic E-state index is 13.6. The minimum atomic E-state index is -1.14. The van der Waals surface area contributed by atoms with E-state index in [2.05, 4.69) is 16.0 Å². The average Bonchev–Trinajstić information content (AvgIpc) is 3.14. The highest BCUT2D eigenvalue weighted by atomic mass is 19.1. The molecule has 4 aliphatic rings. The lowest BCUT2D eigenvalue weighted by atomic mass is 9.48. The first-order valence-electron chi connectivity index (χ1n) is 19.3. The molecule has 0 aliphatic heterocycles. The number of nitrogens with one attached hydrogen (secondary N) is 3. The fourth-order valence-corrected chi connectivity index (χ4v) is 9.36. The number of rotatable bonds is 20. The summed E-state index contributed by atoms with van der Waals surface area (Å²) in [6.45, 7) is -0.353. The summed E-state index contributed by atoms with van der Waals surface area (Å²) in [6.07, 6.45) is 10.2. The van der Waals surface area contributed by atoms with Crippen molar-refractivity contribution in [2.75, 3.05) is 20.2 Å². The van der Waals surface area contributed by atoms with E-state index in [4.69, 9.17) is 5.73 Å². The summed E-state index contributed by atoms with van der Waals surface area (Å²) in [6, 6.07) is 8.45. The van der Waals surface area contributed by atoms with Crippen molar-refractivity contribution in [1.29, 1.82) is 0 Å². The molecular formula is C41H56FN5O7. The van der Waals surface area contributed by atoms with Crippen molar-refractivity contribution < 1.29 is 38.6 Å². The van der Waals surface area contributed by atoms with E-state index in [-0.39, 0.29) is 48.7 Å². The fraction of sp³-hybridized carbons (Fsp3) is 0.585. The van der Waals surface area contributed by atoms with Gasteiger partial charge in [0.1, 0.15) is 29.9 Å². The van der Waals surface area contributed by atoms with Crippen LogP contribution in [0.3, 0.4) is 0 Å². The standard InChI is InChI=1S/C41H56FN5O7/c1-47(37(51)14-9-26-5-10-31(42)11-6-26)36(19-27-7-12-33(50)13-8-27)40(54)45-32(24-48)4-2-3-15-44-39(53)35(25-49)46-38(52)34(43)23-41-20-28-16-29(21-41)18-30(17-28)22-41/h5-8,10-13,24,28-30,32,34-36,49-50H,2-4,9,14-23,25,43H2,1H3,(H,44,53)(H,45,54)(H,46,52)/t28?,29?,30?,32-,34+,35+,36+,41?/m1/s1. The van der Waals surface area contributed by atoms with Gasteiger partial charge in [-0.3, -0.25) is 19.2 Å². The van der Waals surface area contributed by atoms with Crippen molar-refractivity contribution in [2.45, 2.75) is 108 Å². The molecule has 2 aromatic rings. The number of phenols is 1. The van der Waals surface area contributed by atoms with Crippen LogP contribution in [-0.2, 0) is 36.8 Å². The number of hydrogen-bond acceptors (Lipinski definition) is 8. The van der Waals surface area contributed by atoms with Crippen LogP contribution >= 0.6 is 0 Å². The van der Waals surface area contributed by atoms with Gasteiger partial charge in [-0.1, -0.05) is 24.3 Å². The molecule has 54 heavy (non-hydrogen) atoms. The highest BCUT2D eigenvalue weighted by Gasteiger charge is 2.51. The minimum Gasteiger partial charge on any atom is -0.508 e. The summed E-state index contributed by atoms with van der Waals surface area (Å²) in [5, 5.41) is 27.7. The Morgan fingerprint density at radius 1 is 0.907 bits per heavy atom. The lowest BCUT2D eigenvalue weighted by Gasteiger charge is -2.57. The van der Waals surface area contributed by atoms with Crippen LogP contribution in [0.25, 0.3) is 0 Å². The molecule has 4 aliphatic carbocycles. The molecule has 4 bridgehead atoms. The number of carbonyl (C=O) groups is 5. The maximum Gasteiger partial charge on any atom is 0.244 e. The van der Waals surface area contributed by atoms with Crippen LogP contribution in [0.15, 0.2) is 48.5 Å². The highest BCUT2D eigenvalue weighted by molar-refractivity contribution is 5.90. The number of aldehydes is 1. The van der Waals surface area contributed by atoms with Crippen molar-refractivity contribution in [3.63, 3.8) is 0 Å². The van der Waals surface area contributed by atoms with E-state index in [1.165, 1.54) is 55.5 Å². The summed E-state index contributed by atoms with van der Waals surface area (Å²) in [5.41, 5.74) is 7.95. The Bertz CT molecular complexity index is 1570. The predicted octanol–water partition coefficient (Wildman–Crippen LogP) is 2.91. The molecule has 6 rings (SSSR count). The van der Waals surface area contributed by atoms with E-state index in [0.29, 0.717) is 37.5 Å². The van der Waals surface area contributed by atoms with Gasteiger partial charge in [-0.2, -0.15) is 0 Å². The smallest absolute Gasteiger partial charge is 0.244 e. The van der Waals surface area contributed by atoms with Gasteiger partial charge < -0.3 is 41.6 Å². The van der Waals surface area contributed by atoms with E-state index in [9.17, 15) is 38.6 Å². The Morgan fingerprint density at radius 3 is 2.11 bits per heavy atom. The zero-order valence-electron chi connectivity index (χ0n) is 31.2. The van der Waals surface area contributed by atoms with Gasteiger partial charge in [-0.15, -0.1) is 0 Å². The van der Waals surface area contributed by atoms with Crippen LogP contribution < -0.4 is 21.7 Å². The number of hydrogen-bond donors (Lipinski definition) is 6. The minimum absolute atomic E-state index is 0.0592. The number of unbranched alkanes of at least 4 members (excludes halogenated alkanes) is 1. The Labute approximate surface area is 316 Å². The van der Waals surface area contributed by atoms with Crippen LogP contribution in [0.5, 0.6) is 5.75 Å². The molecule has 0 heterocycles. The molecule has 0 unspecified atom stereocenters. The van der Waals surface area contributed by atoms with Crippen molar-refractivity contribution in [3.05, 3.63) is 65.5 Å². The van der Waals surface area contributed by atoms with Crippen molar-refractivity contribution in [2.24, 2.45) is 28.9 Å². The van der Waals surface area contributed by atoms with Gasteiger partial charge >= 0.3 is 0 Å². The molecule has 13 heteroatoms. The summed E-state index contributed by atoms with van der Waals surface area (Å²) >= 11 is 0. The highest BCUT2D eigenvalue weighted by Crippen LogP contribution is 2.61. The van der Waals surface area contributed by atoms with Crippen molar-refractivity contribution in [1.82, 2.24) is 20.9 Å². The first-order chi connectivity index (χ1) is 25.9. The number of nitrogens with two attached hydrogens (primary N) is 1. The summed E-state index contributed by atoms with van der Waals surface area (Å²) in [7, 11) is 1.52. The number of halogens is 1. The molecule has 7 N–H and O–H groups in total. The quantitative estimate of drug-likeness (QED) is 0.0880. The third-order valence-electron chi connectivity index (χ3n) is 11.8. The number of likely N-dealkylation sites (N-methyl/N-ethyl adjacent to an activating group) is 1. The molecule has 4 amide bonds. The van der Waals surface area contributed by atoms with Gasteiger partial charge in [0, 0.05) is 26.4 Å². The first-order valence-corrected chi connectivity index (χ1v) is 19.3. The van der Waals surface area contributed by atoms with Gasteiger partial charge in [0.25, 0.3) is 0 Å². The van der Waals surface area contributed by atoms with Crippen LogP contribution in [0, 0.1) is 29.0 Å². The SMILES string of the molecule is CN(C(=O)CCc1ccc(F)cc1)[C@@H](Cc1ccc(O)cc1)C(=O)N[C@@H](C=O)CCCCNC(=O)[C@H](CO)NC(=O)[C@@H](N)CC12CC3CC(CC(C3)C1)C2. The number of aliphatic hydroxyl groups is 1. The van der Waals surface area contributed by atoms with Gasteiger partial charge in [-0.25, -0.2) is 4.39 Å². The van der Waals surface area contributed by atoms with Crippen molar-refractivity contribution in [3.8, 4) is 5.75 Å². The average molecular weight is 750 g/mol. The van der Waals surface area contributed by atoms with Gasteiger partial charge in [-0.05, 0) is 129 Å².